The van der Waals surface area contributed by atoms with Crippen LogP contribution in [-0.4, -0.2) is 40.1 Å². The van der Waals surface area contributed by atoms with Gasteiger partial charge in [0.25, 0.3) is 5.91 Å². The van der Waals surface area contributed by atoms with Crippen molar-refractivity contribution < 1.29 is 9.53 Å². The van der Waals surface area contributed by atoms with E-state index >= 15 is 0 Å². The normalized spacial score (nSPS) is 15.3. The maximum atomic E-state index is 12.6. The number of anilines is 1. The number of aromatic nitrogens is 3. The van der Waals surface area contributed by atoms with E-state index in [0.29, 0.717) is 11.7 Å². The Morgan fingerprint density at radius 3 is 2.69 bits per heavy atom. The third-order valence-corrected chi connectivity index (χ3v) is 4.59. The standard InChI is InChI=1S/C19H27N5O2/c1-12(2)26-17-6-5-15(11-13(17)3)21-19(25)18-14(4)24(23-22-18)16-7-9-20-10-8-16/h5-6,11-12,16,20H,7-10H2,1-4H3,(H,21,25). The molecule has 2 heterocycles. The molecule has 1 fully saturated rings. The Hall–Kier alpha value is -2.41. The number of hydrogen-bond donors (Lipinski definition) is 2. The molecule has 0 atom stereocenters. The Bertz CT molecular complexity index is 778. The van der Waals surface area contributed by atoms with Gasteiger partial charge in [-0.2, -0.15) is 0 Å². The van der Waals surface area contributed by atoms with Gasteiger partial charge in [-0.25, -0.2) is 4.68 Å². The topological polar surface area (TPSA) is 81.1 Å². The van der Waals surface area contributed by atoms with Gasteiger partial charge in [0.1, 0.15) is 5.75 Å². The van der Waals surface area contributed by atoms with Gasteiger partial charge < -0.3 is 15.4 Å². The molecular formula is C19H27N5O2. The molecule has 0 saturated carbocycles. The van der Waals surface area contributed by atoms with Crippen LogP contribution in [-0.2, 0) is 0 Å². The van der Waals surface area contributed by atoms with Gasteiger partial charge in [0.05, 0.1) is 17.8 Å². The zero-order valence-electron chi connectivity index (χ0n) is 15.9. The molecule has 26 heavy (non-hydrogen) atoms. The van der Waals surface area contributed by atoms with Crippen LogP contribution in [0.5, 0.6) is 5.75 Å². The van der Waals surface area contributed by atoms with E-state index in [2.05, 4.69) is 20.9 Å². The summed E-state index contributed by atoms with van der Waals surface area (Å²) in [5, 5.41) is 14.6. The van der Waals surface area contributed by atoms with Crippen molar-refractivity contribution in [2.24, 2.45) is 0 Å². The molecule has 2 aromatic rings. The molecule has 1 saturated heterocycles. The van der Waals surface area contributed by atoms with E-state index in [9.17, 15) is 4.79 Å². The second-order valence-electron chi connectivity index (χ2n) is 7.05. The number of carbonyl (C=O) groups excluding carboxylic acids is 1. The number of carbonyl (C=O) groups is 1. The lowest BCUT2D eigenvalue weighted by molar-refractivity contribution is 0.102. The smallest absolute Gasteiger partial charge is 0.278 e. The number of aryl methyl sites for hydroxylation is 1. The highest BCUT2D eigenvalue weighted by molar-refractivity contribution is 6.03. The van der Waals surface area contributed by atoms with Crippen molar-refractivity contribution in [1.29, 1.82) is 0 Å². The number of benzene rings is 1. The SMILES string of the molecule is Cc1cc(NC(=O)c2nnn(C3CCNCC3)c2C)ccc1OC(C)C. The van der Waals surface area contributed by atoms with Crippen molar-refractivity contribution in [2.45, 2.75) is 52.7 Å². The fraction of sp³-hybridized carbons (Fsp3) is 0.526. The van der Waals surface area contributed by atoms with Crippen LogP contribution in [0.15, 0.2) is 18.2 Å². The van der Waals surface area contributed by atoms with E-state index in [1.165, 1.54) is 0 Å². The molecule has 2 N–H and O–H groups in total. The number of nitrogens with zero attached hydrogens (tertiary/aromatic N) is 3. The maximum Gasteiger partial charge on any atom is 0.278 e. The van der Waals surface area contributed by atoms with Crippen LogP contribution >= 0.6 is 0 Å². The predicted molar refractivity (Wildman–Crippen MR) is 101 cm³/mol. The van der Waals surface area contributed by atoms with Gasteiger partial charge in [-0.3, -0.25) is 4.79 Å². The number of amides is 1. The van der Waals surface area contributed by atoms with Crippen LogP contribution in [0.2, 0.25) is 0 Å². The third kappa shape index (κ3) is 4.04. The number of rotatable bonds is 5. The van der Waals surface area contributed by atoms with Crippen LogP contribution < -0.4 is 15.4 Å². The molecule has 140 valence electrons. The highest BCUT2D eigenvalue weighted by Crippen LogP contribution is 2.24. The average molecular weight is 357 g/mol. The Balaban J connectivity index is 1.72. The van der Waals surface area contributed by atoms with Crippen LogP contribution in [0.4, 0.5) is 5.69 Å². The van der Waals surface area contributed by atoms with Crippen molar-refractivity contribution in [1.82, 2.24) is 20.3 Å². The quantitative estimate of drug-likeness (QED) is 0.860. The summed E-state index contributed by atoms with van der Waals surface area (Å²) in [7, 11) is 0. The summed E-state index contributed by atoms with van der Waals surface area (Å²) in [5.41, 5.74) is 2.89. The van der Waals surface area contributed by atoms with E-state index in [1.54, 1.807) is 0 Å². The van der Waals surface area contributed by atoms with Crippen molar-refractivity contribution in [3.8, 4) is 5.75 Å². The second kappa shape index (κ2) is 7.86. The molecule has 0 radical (unpaired) electrons. The van der Waals surface area contributed by atoms with Crippen LogP contribution in [0.25, 0.3) is 0 Å². The van der Waals surface area contributed by atoms with E-state index in [1.807, 2.05) is 50.6 Å². The first kappa shape index (κ1) is 18.4. The Morgan fingerprint density at radius 2 is 2.04 bits per heavy atom. The van der Waals surface area contributed by atoms with Crippen LogP contribution in [0.1, 0.15) is 54.5 Å². The number of nitrogens with one attached hydrogen (secondary N) is 2. The summed E-state index contributed by atoms with van der Waals surface area (Å²) < 4.78 is 7.63. The molecule has 1 aromatic heterocycles. The summed E-state index contributed by atoms with van der Waals surface area (Å²) in [5.74, 6) is 0.589. The van der Waals surface area contributed by atoms with Gasteiger partial charge in [-0.1, -0.05) is 5.21 Å². The van der Waals surface area contributed by atoms with Gasteiger partial charge >= 0.3 is 0 Å². The van der Waals surface area contributed by atoms with Gasteiger partial charge in [0.15, 0.2) is 5.69 Å². The zero-order chi connectivity index (χ0) is 18.7. The first-order valence-electron chi connectivity index (χ1n) is 9.17. The molecule has 1 aromatic carbocycles. The average Bonchev–Trinajstić information content (AvgIpc) is 2.99. The van der Waals surface area contributed by atoms with Crippen LogP contribution in [0.3, 0.4) is 0 Å². The molecule has 3 rings (SSSR count). The molecule has 0 aliphatic carbocycles. The minimum atomic E-state index is -0.236. The molecule has 0 spiro atoms. The largest absolute Gasteiger partial charge is 0.491 e. The van der Waals surface area contributed by atoms with Crippen LogP contribution in [0, 0.1) is 13.8 Å². The van der Waals surface area contributed by atoms with Crippen molar-refractivity contribution in [2.75, 3.05) is 18.4 Å². The monoisotopic (exact) mass is 357 g/mol. The first-order chi connectivity index (χ1) is 12.5. The van der Waals surface area contributed by atoms with Crippen molar-refractivity contribution in [3.63, 3.8) is 0 Å². The van der Waals surface area contributed by atoms with Gasteiger partial charge in [-0.15, -0.1) is 5.10 Å². The highest BCUT2D eigenvalue weighted by atomic mass is 16.5. The summed E-state index contributed by atoms with van der Waals surface area (Å²) >= 11 is 0. The van der Waals surface area contributed by atoms with Gasteiger partial charge in [0.2, 0.25) is 0 Å². The summed E-state index contributed by atoms with van der Waals surface area (Å²) in [6.07, 6.45) is 2.12. The van der Waals surface area contributed by atoms with Gasteiger partial charge in [-0.05, 0) is 77.4 Å². The summed E-state index contributed by atoms with van der Waals surface area (Å²) in [4.78, 5) is 12.6. The predicted octanol–water partition coefficient (Wildman–Crippen LogP) is 2.86. The molecule has 1 aliphatic heterocycles. The van der Waals surface area contributed by atoms with E-state index in [-0.39, 0.29) is 12.0 Å². The minimum absolute atomic E-state index is 0.113. The molecule has 7 nitrogen and oxygen atoms in total. The van der Waals surface area contributed by atoms with E-state index in [0.717, 1.165) is 48.6 Å². The summed E-state index contributed by atoms with van der Waals surface area (Å²) in [6, 6.07) is 5.93. The second-order valence-corrected chi connectivity index (χ2v) is 7.05. The Morgan fingerprint density at radius 1 is 1.31 bits per heavy atom. The zero-order valence-corrected chi connectivity index (χ0v) is 15.9. The lowest BCUT2D eigenvalue weighted by Crippen LogP contribution is -2.30. The molecule has 7 heteroatoms. The third-order valence-electron chi connectivity index (χ3n) is 4.59. The number of ether oxygens (including phenoxy) is 1. The van der Waals surface area contributed by atoms with Gasteiger partial charge in [0, 0.05) is 5.69 Å². The Kier molecular flexibility index (Phi) is 5.56. The lowest BCUT2D eigenvalue weighted by atomic mass is 10.1. The first-order valence-corrected chi connectivity index (χ1v) is 9.17. The highest BCUT2D eigenvalue weighted by Gasteiger charge is 2.23. The molecule has 1 amide bonds. The van der Waals surface area contributed by atoms with Crippen molar-refractivity contribution >= 4 is 11.6 Å². The number of piperidine rings is 1. The lowest BCUT2D eigenvalue weighted by Gasteiger charge is -2.23. The van der Waals surface area contributed by atoms with E-state index in [4.69, 9.17) is 4.74 Å². The Labute approximate surface area is 154 Å². The molecule has 0 unspecified atom stereocenters. The van der Waals surface area contributed by atoms with Crippen molar-refractivity contribution in [3.05, 3.63) is 35.2 Å². The number of hydrogen-bond acceptors (Lipinski definition) is 5. The molecular weight excluding hydrogens is 330 g/mol. The fourth-order valence-electron chi connectivity index (χ4n) is 3.25. The minimum Gasteiger partial charge on any atom is -0.491 e. The fourth-order valence-corrected chi connectivity index (χ4v) is 3.25. The molecule has 1 aliphatic rings. The van der Waals surface area contributed by atoms with E-state index < -0.39 is 0 Å². The molecule has 0 bridgehead atoms. The summed E-state index contributed by atoms with van der Waals surface area (Å²) in [6.45, 7) is 9.78. The maximum absolute atomic E-state index is 12.6.